The van der Waals surface area contributed by atoms with Crippen LogP contribution in [0.15, 0.2) is 0 Å². The first kappa shape index (κ1) is 10.9. The third-order valence-electron chi connectivity index (χ3n) is 2.01. The lowest BCUT2D eigenvalue weighted by Gasteiger charge is -2.16. The lowest BCUT2D eigenvalue weighted by molar-refractivity contribution is 0.186. The van der Waals surface area contributed by atoms with E-state index in [9.17, 15) is 4.39 Å². The molecule has 0 aliphatic rings. The summed E-state index contributed by atoms with van der Waals surface area (Å²) in [5, 5.41) is 0. The number of alkyl halides is 1. The molecule has 0 spiro atoms. The van der Waals surface area contributed by atoms with Crippen molar-refractivity contribution in [3.05, 3.63) is 0 Å². The monoisotopic (exact) mass is 160 g/mol. The van der Waals surface area contributed by atoms with Crippen LogP contribution in [0.4, 0.5) is 4.39 Å². The first-order chi connectivity index (χ1) is 4.95. The van der Waals surface area contributed by atoms with Gasteiger partial charge in [-0.25, -0.2) is 4.39 Å². The van der Waals surface area contributed by atoms with Crippen molar-refractivity contribution in [2.45, 2.75) is 59.0 Å². The van der Waals surface area contributed by atoms with Crippen LogP contribution in [0, 0.1) is 5.92 Å². The van der Waals surface area contributed by atoms with Gasteiger partial charge in [0.25, 0.3) is 0 Å². The minimum Gasteiger partial charge on any atom is -0.245 e. The first-order valence-electron chi connectivity index (χ1n) is 4.64. The summed E-state index contributed by atoms with van der Waals surface area (Å²) in [6.07, 6.45) is 4.18. The van der Waals surface area contributed by atoms with Gasteiger partial charge in [0, 0.05) is 0 Å². The molecule has 0 saturated heterocycles. The van der Waals surface area contributed by atoms with Gasteiger partial charge in [0.15, 0.2) is 0 Å². The fraction of sp³-hybridized carbons (Fsp3) is 1.00. The molecule has 1 unspecified atom stereocenters. The molecule has 68 valence electrons. The van der Waals surface area contributed by atoms with E-state index >= 15 is 0 Å². The van der Waals surface area contributed by atoms with E-state index in [2.05, 4.69) is 13.8 Å². The summed E-state index contributed by atoms with van der Waals surface area (Å²) < 4.78 is 13.0. The molecule has 0 rings (SSSR count). The van der Waals surface area contributed by atoms with Crippen LogP contribution in [-0.4, -0.2) is 5.67 Å². The van der Waals surface area contributed by atoms with Crippen LogP contribution in [0.3, 0.4) is 0 Å². The van der Waals surface area contributed by atoms with Gasteiger partial charge in [-0.2, -0.15) is 0 Å². The lowest BCUT2D eigenvalue weighted by Crippen LogP contribution is -2.13. The Bertz CT molecular complexity index is 91.5. The second kappa shape index (κ2) is 4.74. The second-order valence-corrected chi connectivity index (χ2v) is 4.15. The van der Waals surface area contributed by atoms with E-state index in [-0.39, 0.29) is 0 Å². The molecule has 0 aliphatic heterocycles. The Morgan fingerprint density at radius 1 is 1.27 bits per heavy atom. The van der Waals surface area contributed by atoms with Crippen molar-refractivity contribution in [3.63, 3.8) is 0 Å². The Morgan fingerprint density at radius 3 is 2.18 bits per heavy atom. The Kier molecular flexibility index (Phi) is 4.71. The summed E-state index contributed by atoms with van der Waals surface area (Å²) in [6, 6.07) is 0. The highest BCUT2D eigenvalue weighted by Crippen LogP contribution is 2.21. The van der Waals surface area contributed by atoms with Crippen LogP contribution in [-0.2, 0) is 0 Å². The molecular formula is C10H21F. The number of halogens is 1. The summed E-state index contributed by atoms with van der Waals surface area (Å²) in [7, 11) is 0. The van der Waals surface area contributed by atoms with Gasteiger partial charge in [0.05, 0.1) is 0 Å². The molecule has 0 amide bonds. The zero-order valence-electron chi connectivity index (χ0n) is 8.28. The van der Waals surface area contributed by atoms with E-state index in [1.54, 1.807) is 13.8 Å². The molecule has 0 nitrogen and oxygen atoms in total. The van der Waals surface area contributed by atoms with E-state index in [0.717, 1.165) is 6.42 Å². The Hall–Kier alpha value is -0.0700. The summed E-state index contributed by atoms with van der Waals surface area (Å²) in [5.41, 5.74) is -0.970. The highest BCUT2D eigenvalue weighted by atomic mass is 19.1. The van der Waals surface area contributed by atoms with Crippen molar-refractivity contribution < 1.29 is 4.39 Å². The second-order valence-electron chi connectivity index (χ2n) is 4.15. The molecule has 11 heavy (non-hydrogen) atoms. The van der Waals surface area contributed by atoms with Crippen molar-refractivity contribution in [2.24, 2.45) is 5.92 Å². The zero-order valence-corrected chi connectivity index (χ0v) is 8.28. The van der Waals surface area contributed by atoms with E-state index < -0.39 is 5.67 Å². The first-order valence-corrected chi connectivity index (χ1v) is 4.64. The van der Waals surface area contributed by atoms with Crippen molar-refractivity contribution in [3.8, 4) is 0 Å². The molecule has 0 N–H and O–H groups in total. The van der Waals surface area contributed by atoms with Gasteiger partial charge in [-0.05, 0) is 32.6 Å². The minimum absolute atomic E-state index is 0.690. The third-order valence-corrected chi connectivity index (χ3v) is 2.01. The van der Waals surface area contributed by atoms with Crippen LogP contribution in [0.1, 0.15) is 53.4 Å². The van der Waals surface area contributed by atoms with E-state index in [1.807, 2.05) is 0 Å². The average Bonchev–Trinajstić information content (AvgIpc) is 1.83. The number of hydrogen-bond donors (Lipinski definition) is 0. The predicted octanol–water partition coefficient (Wildman–Crippen LogP) is 3.95. The maximum Gasteiger partial charge on any atom is 0.105 e. The van der Waals surface area contributed by atoms with E-state index in [4.69, 9.17) is 0 Å². The molecule has 0 heterocycles. The van der Waals surface area contributed by atoms with E-state index in [1.165, 1.54) is 12.8 Å². The Labute approximate surface area is 70.2 Å². The van der Waals surface area contributed by atoms with Gasteiger partial charge < -0.3 is 0 Å². The molecule has 0 radical (unpaired) electrons. The molecule has 0 aromatic heterocycles. The lowest BCUT2D eigenvalue weighted by atomic mass is 9.94. The normalized spacial score (nSPS) is 15.0. The van der Waals surface area contributed by atoms with Crippen molar-refractivity contribution in [2.75, 3.05) is 0 Å². The van der Waals surface area contributed by atoms with Gasteiger partial charge in [0.1, 0.15) is 5.67 Å². The van der Waals surface area contributed by atoms with Crippen LogP contribution >= 0.6 is 0 Å². The number of rotatable bonds is 5. The number of hydrogen-bond acceptors (Lipinski definition) is 0. The summed E-state index contributed by atoms with van der Waals surface area (Å²) in [6.45, 7) is 7.70. The minimum atomic E-state index is -0.970. The standard InChI is InChI=1S/C10H21F/c1-5-6-9(2)7-8-10(3,4)11/h9H,5-8H2,1-4H3. The fourth-order valence-electron chi connectivity index (χ4n) is 1.23. The summed E-state index contributed by atoms with van der Waals surface area (Å²) in [5.74, 6) is 0.690. The zero-order chi connectivity index (χ0) is 8.91. The highest BCUT2D eigenvalue weighted by molar-refractivity contribution is 4.67. The van der Waals surface area contributed by atoms with Crippen LogP contribution in [0.2, 0.25) is 0 Å². The van der Waals surface area contributed by atoms with Crippen molar-refractivity contribution >= 4 is 0 Å². The largest absolute Gasteiger partial charge is 0.245 e. The fourth-order valence-corrected chi connectivity index (χ4v) is 1.23. The van der Waals surface area contributed by atoms with Crippen molar-refractivity contribution in [1.82, 2.24) is 0 Å². The van der Waals surface area contributed by atoms with Crippen LogP contribution < -0.4 is 0 Å². The molecule has 1 heteroatoms. The average molecular weight is 160 g/mol. The van der Waals surface area contributed by atoms with Crippen molar-refractivity contribution in [1.29, 1.82) is 0 Å². The molecule has 0 bridgehead atoms. The topological polar surface area (TPSA) is 0 Å². The molecule has 0 aliphatic carbocycles. The van der Waals surface area contributed by atoms with E-state index in [0.29, 0.717) is 12.3 Å². The third kappa shape index (κ3) is 7.83. The molecule has 0 aromatic rings. The maximum absolute atomic E-state index is 13.0. The molecule has 0 saturated carbocycles. The van der Waals surface area contributed by atoms with Crippen LogP contribution in [0.25, 0.3) is 0 Å². The smallest absolute Gasteiger partial charge is 0.105 e. The Morgan fingerprint density at radius 2 is 1.82 bits per heavy atom. The van der Waals surface area contributed by atoms with Crippen LogP contribution in [0.5, 0.6) is 0 Å². The van der Waals surface area contributed by atoms with Gasteiger partial charge in [0.2, 0.25) is 0 Å². The van der Waals surface area contributed by atoms with Gasteiger partial charge in [-0.15, -0.1) is 0 Å². The quantitative estimate of drug-likeness (QED) is 0.571. The summed E-state index contributed by atoms with van der Waals surface area (Å²) >= 11 is 0. The molecular weight excluding hydrogens is 139 g/mol. The molecule has 1 atom stereocenters. The molecule has 0 aromatic carbocycles. The Balaban J connectivity index is 3.38. The summed E-state index contributed by atoms with van der Waals surface area (Å²) in [4.78, 5) is 0. The van der Waals surface area contributed by atoms with Gasteiger partial charge in [-0.3, -0.25) is 0 Å². The maximum atomic E-state index is 13.0. The SMILES string of the molecule is CCCC(C)CCC(C)(C)F. The molecule has 0 fully saturated rings. The predicted molar refractivity (Wildman–Crippen MR) is 48.5 cm³/mol. The highest BCUT2D eigenvalue weighted by Gasteiger charge is 2.16. The van der Waals surface area contributed by atoms with Gasteiger partial charge in [-0.1, -0.05) is 26.7 Å². The van der Waals surface area contributed by atoms with Gasteiger partial charge >= 0.3 is 0 Å².